The summed E-state index contributed by atoms with van der Waals surface area (Å²) in [5.74, 6) is -2.49. The number of benzene rings is 3. The fourth-order valence-electron chi connectivity index (χ4n) is 2.86. The fourth-order valence-corrected chi connectivity index (χ4v) is 3.94. The molecule has 3 aromatic rings. The van der Waals surface area contributed by atoms with Crippen molar-refractivity contribution in [3.8, 4) is 0 Å². The molecule has 0 saturated heterocycles. The third kappa shape index (κ3) is 3.15. The standard InChI is InChI=1S/C20H16F2S/c21-19(22)23-20(16-10-4-1-5-11-16,17-12-6-2-7-13-17)18-14-8-3-9-15-18/h1-15,19H. The molecule has 3 rings (SSSR count). The zero-order valence-corrected chi connectivity index (χ0v) is 13.2. The monoisotopic (exact) mass is 326 g/mol. The Hall–Kier alpha value is -2.13. The van der Waals surface area contributed by atoms with Gasteiger partial charge in [0, 0.05) is 0 Å². The molecule has 3 heteroatoms. The molecule has 0 nitrogen and oxygen atoms in total. The number of halogens is 2. The zero-order chi connectivity index (χ0) is 16.1. The Kier molecular flexibility index (Phi) is 4.77. The second-order valence-electron chi connectivity index (χ2n) is 5.16. The van der Waals surface area contributed by atoms with E-state index in [1.807, 2.05) is 91.0 Å². The lowest BCUT2D eigenvalue weighted by atomic mass is 9.84. The summed E-state index contributed by atoms with van der Waals surface area (Å²) in [5, 5.41) is 0. The lowest BCUT2D eigenvalue weighted by molar-refractivity contribution is 0.250. The Labute approximate surface area is 139 Å². The van der Waals surface area contributed by atoms with Crippen molar-refractivity contribution in [3.05, 3.63) is 108 Å². The zero-order valence-electron chi connectivity index (χ0n) is 12.4. The van der Waals surface area contributed by atoms with E-state index in [1.54, 1.807) is 0 Å². The van der Waals surface area contributed by atoms with Crippen LogP contribution >= 0.6 is 11.8 Å². The van der Waals surface area contributed by atoms with E-state index in [1.165, 1.54) is 0 Å². The van der Waals surface area contributed by atoms with E-state index in [0.29, 0.717) is 11.8 Å². The van der Waals surface area contributed by atoms with E-state index in [4.69, 9.17) is 0 Å². The van der Waals surface area contributed by atoms with Crippen molar-refractivity contribution in [2.45, 2.75) is 10.5 Å². The maximum absolute atomic E-state index is 13.5. The Morgan fingerprint density at radius 1 is 0.565 bits per heavy atom. The van der Waals surface area contributed by atoms with Crippen LogP contribution in [0.3, 0.4) is 0 Å². The van der Waals surface area contributed by atoms with Gasteiger partial charge in [0.1, 0.15) is 0 Å². The Morgan fingerprint density at radius 3 is 1.13 bits per heavy atom. The molecule has 0 fully saturated rings. The molecule has 0 aliphatic heterocycles. The minimum absolute atomic E-state index is 0.673. The van der Waals surface area contributed by atoms with Gasteiger partial charge in [0.2, 0.25) is 0 Å². The summed E-state index contributed by atoms with van der Waals surface area (Å²) in [4.78, 5) is 0. The Bertz CT molecular complexity index is 631. The third-order valence-electron chi connectivity index (χ3n) is 3.81. The van der Waals surface area contributed by atoms with E-state index in [-0.39, 0.29) is 0 Å². The van der Waals surface area contributed by atoms with Crippen molar-refractivity contribution in [1.82, 2.24) is 0 Å². The Balaban J connectivity index is 2.30. The molecule has 0 radical (unpaired) electrons. The molecule has 0 spiro atoms. The first-order valence-electron chi connectivity index (χ1n) is 7.36. The molecule has 116 valence electrons. The van der Waals surface area contributed by atoms with Gasteiger partial charge in [0.15, 0.2) is 0 Å². The van der Waals surface area contributed by atoms with Gasteiger partial charge in [0.25, 0.3) is 5.76 Å². The van der Waals surface area contributed by atoms with Crippen molar-refractivity contribution in [1.29, 1.82) is 0 Å². The summed E-state index contributed by atoms with van der Waals surface area (Å²) in [6, 6.07) is 28.5. The maximum atomic E-state index is 13.5. The molecule has 3 aromatic carbocycles. The molecule has 0 aromatic heterocycles. The first-order valence-corrected chi connectivity index (χ1v) is 8.24. The highest BCUT2D eigenvalue weighted by Crippen LogP contribution is 2.50. The van der Waals surface area contributed by atoms with Crippen molar-refractivity contribution in [3.63, 3.8) is 0 Å². The normalized spacial score (nSPS) is 11.6. The first-order chi connectivity index (χ1) is 11.2. The average Bonchev–Trinajstić information content (AvgIpc) is 2.62. The minimum atomic E-state index is -2.49. The molecule has 0 aliphatic rings. The molecular weight excluding hydrogens is 310 g/mol. The predicted molar refractivity (Wildman–Crippen MR) is 92.8 cm³/mol. The average molecular weight is 326 g/mol. The van der Waals surface area contributed by atoms with Crippen molar-refractivity contribution < 1.29 is 8.78 Å². The summed E-state index contributed by atoms with van der Waals surface area (Å²) in [6.07, 6.45) is 0. The summed E-state index contributed by atoms with van der Waals surface area (Å²) in [7, 11) is 0. The first kappa shape index (κ1) is 15.8. The topological polar surface area (TPSA) is 0 Å². The highest BCUT2D eigenvalue weighted by atomic mass is 32.2. The van der Waals surface area contributed by atoms with Crippen LogP contribution in [0.2, 0.25) is 0 Å². The quantitative estimate of drug-likeness (QED) is 0.523. The second kappa shape index (κ2) is 6.97. The number of alkyl halides is 2. The van der Waals surface area contributed by atoms with Crippen LogP contribution in [0.25, 0.3) is 0 Å². The van der Waals surface area contributed by atoms with E-state index >= 15 is 0 Å². The number of hydrogen-bond donors (Lipinski definition) is 0. The van der Waals surface area contributed by atoms with Gasteiger partial charge >= 0.3 is 0 Å². The van der Waals surface area contributed by atoms with E-state index in [0.717, 1.165) is 16.7 Å². The summed E-state index contributed by atoms with van der Waals surface area (Å²) < 4.78 is 26.2. The molecule has 0 amide bonds. The predicted octanol–water partition coefficient (Wildman–Crippen LogP) is 5.93. The van der Waals surface area contributed by atoms with Crippen LogP contribution in [0.4, 0.5) is 8.78 Å². The lowest BCUT2D eigenvalue weighted by Gasteiger charge is -2.35. The molecule has 0 heterocycles. The summed E-state index contributed by atoms with van der Waals surface area (Å²) in [6.45, 7) is 0. The van der Waals surface area contributed by atoms with Crippen molar-refractivity contribution in [2.75, 3.05) is 0 Å². The minimum Gasteiger partial charge on any atom is -0.198 e. The van der Waals surface area contributed by atoms with Gasteiger partial charge in [-0.2, -0.15) is 8.78 Å². The smallest absolute Gasteiger partial charge is 0.198 e. The SMILES string of the molecule is FC(F)SC(c1ccccc1)(c1ccccc1)c1ccccc1. The van der Waals surface area contributed by atoms with Gasteiger partial charge in [-0.3, -0.25) is 0 Å². The molecule has 0 aliphatic carbocycles. The summed E-state index contributed by atoms with van der Waals surface area (Å²) >= 11 is 0.673. The number of thioether (sulfide) groups is 1. The second-order valence-corrected chi connectivity index (χ2v) is 6.36. The van der Waals surface area contributed by atoms with E-state index < -0.39 is 10.5 Å². The van der Waals surface area contributed by atoms with Crippen LogP contribution < -0.4 is 0 Å². The van der Waals surface area contributed by atoms with Gasteiger partial charge in [-0.1, -0.05) is 103 Å². The molecule has 0 N–H and O–H groups in total. The van der Waals surface area contributed by atoms with Crippen LogP contribution in [-0.2, 0) is 4.75 Å². The highest BCUT2D eigenvalue weighted by molar-refractivity contribution is 8.00. The third-order valence-corrected chi connectivity index (χ3v) is 5.05. The van der Waals surface area contributed by atoms with Gasteiger partial charge in [0.05, 0.1) is 4.75 Å². The molecule has 0 atom stereocenters. The fraction of sp³-hybridized carbons (Fsp3) is 0.100. The molecule has 0 bridgehead atoms. The van der Waals surface area contributed by atoms with Crippen LogP contribution in [0.1, 0.15) is 16.7 Å². The van der Waals surface area contributed by atoms with E-state index in [2.05, 4.69) is 0 Å². The summed E-state index contributed by atoms with van der Waals surface area (Å²) in [5.41, 5.74) is 2.55. The van der Waals surface area contributed by atoms with Crippen molar-refractivity contribution in [2.24, 2.45) is 0 Å². The van der Waals surface area contributed by atoms with Crippen molar-refractivity contribution >= 4 is 11.8 Å². The van der Waals surface area contributed by atoms with Crippen LogP contribution in [0, 0.1) is 0 Å². The molecule has 23 heavy (non-hydrogen) atoms. The van der Waals surface area contributed by atoms with Crippen LogP contribution in [-0.4, -0.2) is 5.76 Å². The van der Waals surface area contributed by atoms with Crippen LogP contribution in [0.5, 0.6) is 0 Å². The van der Waals surface area contributed by atoms with Crippen LogP contribution in [0.15, 0.2) is 91.0 Å². The Morgan fingerprint density at radius 2 is 0.870 bits per heavy atom. The highest BCUT2D eigenvalue weighted by Gasteiger charge is 2.39. The molecule has 0 unspecified atom stereocenters. The number of rotatable bonds is 5. The van der Waals surface area contributed by atoms with E-state index in [9.17, 15) is 8.78 Å². The van der Waals surface area contributed by atoms with Gasteiger partial charge in [-0.15, -0.1) is 0 Å². The molecular formula is C20H16F2S. The molecule has 0 saturated carbocycles. The maximum Gasteiger partial charge on any atom is 0.286 e. The van der Waals surface area contributed by atoms with Gasteiger partial charge < -0.3 is 0 Å². The van der Waals surface area contributed by atoms with Gasteiger partial charge in [-0.25, -0.2) is 0 Å². The van der Waals surface area contributed by atoms with Gasteiger partial charge in [-0.05, 0) is 16.7 Å². The number of hydrogen-bond acceptors (Lipinski definition) is 1. The largest absolute Gasteiger partial charge is 0.286 e. The lowest BCUT2D eigenvalue weighted by Crippen LogP contribution is -2.27.